The highest BCUT2D eigenvalue weighted by Crippen LogP contribution is 2.37. The van der Waals surface area contributed by atoms with Crippen LogP contribution < -0.4 is 10.1 Å². The van der Waals surface area contributed by atoms with Gasteiger partial charge in [0.05, 0.1) is 33.0 Å². The second-order valence-corrected chi connectivity index (χ2v) is 15.2. The highest BCUT2D eigenvalue weighted by Gasteiger charge is 2.41. The van der Waals surface area contributed by atoms with Gasteiger partial charge in [0.1, 0.15) is 47.3 Å². The number of likely N-dealkylation sites (N-methyl/N-ethyl adjacent to an activating group) is 1. The molecule has 1 saturated heterocycles. The van der Waals surface area contributed by atoms with Crippen molar-refractivity contribution in [3.05, 3.63) is 45.9 Å². The second-order valence-electron chi connectivity index (χ2n) is 14.4. The average Bonchev–Trinajstić information content (AvgIpc) is 3.84. The normalized spacial score (nSPS) is 17.5. The number of carbonyl (C=O) groups is 5. The number of esters is 1. The van der Waals surface area contributed by atoms with Gasteiger partial charge in [-0.2, -0.15) is 0 Å². The Kier molecular flexibility index (Phi) is 15.6. The third-order valence-corrected chi connectivity index (χ3v) is 10.3. The lowest BCUT2D eigenvalue weighted by Gasteiger charge is -2.36. The van der Waals surface area contributed by atoms with Gasteiger partial charge in [0.25, 0.3) is 0 Å². The number of likely N-dealkylation sites (tertiary alicyclic amines) is 1. The highest BCUT2D eigenvalue weighted by molar-refractivity contribution is 7.10. The van der Waals surface area contributed by atoms with Gasteiger partial charge in [0, 0.05) is 24.5 Å². The van der Waals surface area contributed by atoms with Gasteiger partial charge in [0.15, 0.2) is 0 Å². The molecule has 4 rings (SSSR count). The Morgan fingerprint density at radius 1 is 1.00 bits per heavy atom. The summed E-state index contributed by atoms with van der Waals surface area (Å²) in [6.45, 7) is 8.38. The summed E-state index contributed by atoms with van der Waals surface area (Å²) in [5, 5.41) is 5.42. The minimum absolute atomic E-state index is 0.0259. The number of ether oxygens (including phenoxy) is 5. The van der Waals surface area contributed by atoms with E-state index in [9.17, 15) is 24.0 Å². The van der Waals surface area contributed by atoms with Crippen LogP contribution in [0.3, 0.4) is 0 Å². The maximum atomic E-state index is 14.4. The van der Waals surface area contributed by atoms with Crippen molar-refractivity contribution in [3.8, 4) is 5.75 Å². The van der Waals surface area contributed by atoms with Gasteiger partial charge in [-0.15, -0.1) is 11.3 Å². The molecule has 14 nitrogen and oxygen atoms in total. The van der Waals surface area contributed by atoms with Crippen LogP contribution in [0.5, 0.6) is 5.75 Å². The van der Waals surface area contributed by atoms with Crippen LogP contribution in [0.4, 0.5) is 4.79 Å². The number of nitrogens with zero attached hydrogens (tertiary/aromatic N) is 3. The molecule has 1 aromatic carbocycles. The molecule has 2 heterocycles. The first-order chi connectivity index (χ1) is 25.3. The minimum Gasteiger partial charge on any atom is -0.491 e. The lowest BCUT2D eigenvalue weighted by atomic mass is 9.83. The largest absolute Gasteiger partial charge is 0.491 e. The lowest BCUT2D eigenvalue weighted by Crippen LogP contribution is -2.56. The fourth-order valence-electron chi connectivity index (χ4n) is 6.33. The van der Waals surface area contributed by atoms with E-state index in [0.29, 0.717) is 35.9 Å². The van der Waals surface area contributed by atoms with Gasteiger partial charge >= 0.3 is 12.1 Å². The Balaban J connectivity index is 1.38. The number of nitrogens with one attached hydrogen (secondary N) is 1. The van der Waals surface area contributed by atoms with Crippen molar-refractivity contribution in [1.29, 1.82) is 0 Å². The third-order valence-electron chi connectivity index (χ3n) is 9.31. The molecule has 15 heteroatoms. The molecule has 53 heavy (non-hydrogen) atoms. The number of aromatic nitrogens is 1. The quantitative estimate of drug-likeness (QED) is 0.132. The Morgan fingerprint density at radius 2 is 1.72 bits per heavy atom. The Hall–Kier alpha value is -4.08. The maximum absolute atomic E-state index is 14.4. The number of methoxy groups -OCH3 is 1. The summed E-state index contributed by atoms with van der Waals surface area (Å²) in [6.07, 6.45) is 5.55. The molecule has 2 aliphatic rings. The molecule has 3 atom stereocenters. The number of thiazole rings is 1. The molecule has 3 amide bonds. The third kappa shape index (κ3) is 12.2. The maximum Gasteiger partial charge on any atom is 0.410 e. The van der Waals surface area contributed by atoms with E-state index in [-0.39, 0.29) is 55.8 Å². The van der Waals surface area contributed by atoms with Gasteiger partial charge < -0.3 is 33.9 Å². The number of ketones is 1. The topological polar surface area (TPSA) is 163 Å². The van der Waals surface area contributed by atoms with E-state index in [4.69, 9.17) is 23.9 Å². The number of benzene rings is 1. The van der Waals surface area contributed by atoms with Crippen LogP contribution in [0.25, 0.3) is 0 Å². The van der Waals surface area contributed by atoms with E-state index in [2.05, 4.69) is 10.1 Å². The van der Waals surface area contributed by atoms with Crippen LogP contribution >= 0.6 is 11.3 Å². The zero-order chi connectivity index (χ0) is 38.5. The van der Waals surface area contributed by atoms with Gasteiger partial charge in [-0.1, -0.05) is 31.4 Å². The number of hydrogen-bond acceptors (Lipinski definition) is 12. The molecule has 0 unspecified atom stereocenters. The molecule has 1 N–H and O–H groups in total. The average molecular weight is 759 g/mol. The molecule has 0 bridgehead atoms. The van der Waals surface area contributed by atoms with Crippen molar-refractivity contribution >= 4 is 41.0 Å². The standard InChI is InChI=1S/C38H54N4O10S/c1-25(41(5)37(47)52-38(2,3)4)34(45)40-32(26-12-8-7-9-13-26)36(46)42-17-11-16-30(42)35-39-29(24-53-35)33(44)27-14-10-15-28(22-27)51-21-20-49-18-19-50-23-31(43)48-6/h10,14-15,22,24-26,30,32H,7-9,11-13,16-21,23H2,1-6H3,(H,40,45)/t25-,30-,32-/m0/s1. The number of carbonyl (C=O) groups excluding carboxylic acids is 5. The first-order valence-electron chi connectivity index (χ1n) is 18.3. The van der Waals surface area contributed by atoms with Crippen molar-refractivity contribution in [2.24, 2.45) is 5.92 Å². The zero-order valence-corrected chi connectivity index (χ0v) is 32.5. The van der Waals surface area contributed by atoms with Crippen LogP contribution in [0.1, 0.15) is 99.7 Å². The van der Waals surface area contributed by atoms with Crippen molar-refractivity contribution in [1.82, 2.24) is 20.1 Å². The summed E-state index contributed by atoms with van der Waals surface area (Å²) in [4.78, 5) is 73.0. The van der Waals surface area contributed by atoms with E-state index in [0.717, 1.165) is 38.5 Å². The summed E-state index contributed by atoms with van der Waals surface area (Å²) in [6, 6.07) is 4.93. The van der Waals surface area contributed by atoms with Gasteiger partial charge in [-0.05, 0) is 71.4 Å². The predicted molar refractivity (Wildman–Crippen MR) is 197 cm³/mol. The van der Waals surface area contributed by atoms with E-state index in [1.54, 1.807) is 62.2 Å². The summed E-state index contributed by atoms with van der Waals surface area (Å²) >= 11 is 1.35. The summed E-state index contributed by atoms with van der Waals surface area (Å²) in [5.74, 6) is -0.810. The van der Waals surface area contributed by atoms with E-state index < -0.39 is 35.7 Å². The van der Waals surface area contributed by atoms with Crippen LogP contribution in [0.2, 0.25) is 0 Å². The molecular formula is C38H54N4O10S. The Morgan fingerprint density at radius 3 is 2.43 bits per heavy atom. The summed E-state index contributed by atoms with van der Waals surface area (Å²) in [5.41, 5.74) is -0.0108. The van der Waals surface area contributed by atoms with Crippen molar-refractivity contribution in [2.45, 2.75) is 96.4 Å². The molecule has 292 valence electrons. The van der Waals surface area contributed by atoms with Crippen LogP contribution in [0, 0.1) is 5.92 Å². The number of rotatable bonds is 17. The van der Waals surface area contributed by atoms with Gasteiger partial charge in [0.2, 0.25) is 17.6 Å². The first-order valence-corrected chi connectivity index (χ1v) is 19.2. The zero-order valence-electron chi connectivity index (χ0n) is 31.7. The predicted octanol–water partition coefficient (Wildman–Crippen LogP) is 4.94. The molecule has 2 aromatic rings. The molecule has 1 aliphatic carbocycles. The SMILES string of the molecule is COC(=O)COCCOCCOc1cccc(C(=O)c2csc([C@@H]3CCCN3C(=O)[C@@H](NC(=O)[C@H](C)N(C)C(=O)OC(C)(C)C)C3CCCCC3)n2)c1. The van der Waals surface area contributed by atoms with Crippen molar-refractivity contribution < 1.29 is 47.7 Å². The van der Waals surface area contributed by atoms with Gasteiger partial charge in [-0.25, -0.2) is 14.6 Å². The number of amides is 3. The molecule has 0 spiro atoms. The van der Waals surface area contributed by atoms with Crippen molar-refractivity contribution in [2.75, 3.05) is 53.7 Å². The molecule has 1 aromatic heterocycles. The first kappa shape index (κ1) is 41.7. The second kappa shape index (κ2) is 19.8. The van der Waals surface area contributed by atoms with E-state index in [1.807, 2.05) is 0 Å². The number of hydrogen-bond donors (Lipinski definition) is 1. The fraction of sp³-hybridized carbons (Fsp3) is 0.632. The van der Waals surface area contributed by atoms with Gasteiger partial charge in [-0.3, -0.25) is 19.3 Å². The summed E-state index contributed by atoms with van der Waals surface area (Å²) in [7, 11) is 2.81. The molecule has 0 radical (unpaired) electrons. The Bertz CT molecular complexity index is 1550. The van der Waals surface area contributed by atoms with Crippen LogP contribution in [-0.4, -0.2) is 116 Å². The lowest BCUT2D eigenvalue weighted by molar-refractivity contribution is -0.146. The smallest absolute Gasteiger partial charge is 0.410 e. The Labute approximate surface area is 315 Å². The van der Waals surface area contributed by atoms with Crippen LogP contribution in [-0.2, 0) is 33.3 Å². The minimum atomic E-state index is -0.853. The molecule has 1 aliphatic heterocycles. The molecule has 1 saturated carbocycles. The van der Waals surface area contributed by atoms with Crippen molar-refractivity contribution in [3.63, 3.8) is 0 Å². The fourth-order valence-corrected chi connectivity index (χ4v) is 7.27. The molecule has 2 fully saturated rings. The van der Waals surface area contributed by atoms with E-state index >= 15 is 0 Å². The molecular weight excluding hydrogens is 705 g/mol. The highest BCUT2D eigenvalue weighted by atomic mass is 32.1. The summed E-state index contributed by atoms with van der Waals surface area (Å²) < 4.78 is 26.3. The van der Waals surface area contributed by atoms with Crippen LogP contribution in [0.15, 0.2) is 29.6 Å². The monoisotopic (exact) mass is 758 g/mol. The van der Waals surface area contributed by atoms with E-state index in [1.165, 1.54) is 30.4 Å².